The van der Waals surface area contributed by atoms with E-state index >= 15 is 0 Å². The number of hydrogen-bond acceptors (Lipinski definition) is 5. The van der Waals surface area contributed by atoms with Crippen LogP contribution in [0.3, 0.4) is 0 Å². The first-order chi connectivity index (χ1) is 7.59. The van der Waals surface area contributed by atoms with Crippen LogP contribution in [0.4, 0.5) is 5.82 Å². The minimum atomic E-state index is -0.944. The van der Waals surface area contributed by atoms with Gasteiger partial charge in [-0.1, -0.05) is 0 Å². The summed E-state index contributed by atoms with van der Waals surface area (Å²) in [5.74, 6) is 0.196. The quantitative estimate of drug-likeness (QED) is 0.775. The van der Waals surface area contributed by atoms with Gasteiger partial charge in [-0.2, -0.15) is 0 Å². The number of nitrogens with one attached hydrogen (secondary N) is 1. The van der Waals surface area contributed by atoms with E-state index in [9.17, 15) is 4.79 Å². The highest BCUT2D eigenvalue weighted by atomic mass is 16.4. The van der Waals surface area contributed by atoms with E-state index < -0.39 is 12.0 Å². The van der Waals surface area contributed by atoms with Crippen molar-refractivity contribution in [2.45, 2.75) is 19.9 Å². The van der Waals surface area contributed by atoms with Crippen molar-refractivity contribution in [2.75, 3.05) is 5.32 Å². The van der Waals surface area contributed by atoms with Crippen molar-refractivity contribution in [1.82, 2.24) is 19.6 Å². The van der Waals surface area contributed by atoms with E-state index in [1.807, 2.05) is 6.92 Å². The molecule has 7 nitrogen and oxygen atoms in total. The van der Waals surface area contributed by atoms with E-state index in [2.05, 4.69) is 20.5 Å². The average molecular weight is 221 g/mol. The van der Waals surface area contributed by atoms with Gasteiger partial charge in [-0.25, -0.2) is 4.98 Å². The zero-order valence-corrected chi connectivity index (χ0v) is 8.88. The Morgan fingerprint density at radius 3 is 3.00 bits per heavy atom. The van der Waals surface area contributed by atoms with E-state index in [0.717, 1.165) is 5.82 Å². The van der Waals surface area contributed by atoms with Crippen LogP contribution in [-0.4, -0.2) is 36.7 Å². The molecule has 0 aliphatic heterocycles. The molecule has 0 aromatic carbocycles. The number of nitrogens with zero attached hydrogens (tertiary/aromatic N) is 4. The first-order valence-corrected chi connectivity index (χ1v) is 4.75. The first-order valence-electron chi connectivity index (χ1n) is 4.75. The molecule has 0 amide bonds. The van der Waals surface area contributed by atoms with E-state index in [-0.39, 0.29) is 0 Å². The summed E-state index contributed by atoms with van der Waals surface area (Å²) in [5, 5.41) is 19.4. The molecule has 0 aliphatic carbocycles. The van der Waals surface area contributed by atoms with Crippen molar-refractivity contribution in [3.8, 4) is 0 Å². The molecule has 2 aromatic rings. The first kappa shape index (κ1) is 10.3. The molecule has 84 valence electrons. The van der Waals surface area contributed by atoms with E-state index in [1.54, 1.807) is 16.8 Å². The van der Waals surface area contributed by atoms with E-state index in [1.165, 1.54) is 6.92 Å². The summed E-state index contributed by atoms with van der Waals surface area (Å²) in [6, 6.07) is -0.726. The predicted octanol–water partition coefficient (Wildman–Crippen LogP) is 0.318. The van der Waals surface area contributed by atoms with Gasteiger partial charge in [-0.05, 0) is 13.8 Å². The van der Waals surface area contributed by atoms with Gasteiger partial charge in [0.15, 0.2) is 5.82 Å². The molecular formula is C9H11N5O2. The van der Waals surface area contributed by atoms with Crippen LogP contribution in [0.2, 0.25) is 0 Å². The van der Waals surface area contributed by atoms with E-state index in [0.29, 0.717) is 11.5 Å². The maximum absolute atomic E-state index is 10.7. The molecule has 0 aliphatic rings. The van der Waals surface area contributed by atoms with Crippen LogP contribution >= 0.6 is 0 Å². The second-order valence-corrected chi connectivity index (χ2v) is 3.42. The Hall–Kier alpha value is -2.18. The van der Waals surface area contributed by atoms with Crippen molar-refractivity contribution < 1.29 is 9.90 Å². The third-order valence-electron chi connectivity index (χ3n) is 2.22. The lowest BCUT2D eigenvalue weighted by atomic mass is 10.3. The highest BCUT2D eigenvalue weighted by Crippen LogP contribution is 2.12. The topological polar surface area (TPSA) is 92.4 Å². The zero-order chi connectivity index (χ0) is 11.7. The molecular weight excluding hydrogens is 210 g/mol. The maximum atomic E-state index is 10.7. The lowest BCUT2D eigenvalue weighted by Crippen LogP contribution is -2.26. The summed E-state index contributed by atoms with van der Waals surface area (Å²) in [4.78, 5) is 14.8. The molecule has 0 saturated heterocycles. The molecule has 2 heterocycles. The van der Waals surface area contributed by atoms with Crippen LogP contribution in [-0.2, 0) is 4.79 Å². The Labute approximate surface area is 91.1 Å². The monoisotopic (exact) mass is 221 g/mol. The number of carboxylic acids is 1. The summed E-state index contributed by atoms with van der Waals surface area (Å²) < 4.78 is 1.74. The average Bonchev–Trinajstić information content (AvgIpc) is 2.62. The Morgan fingerprint density at radius 2 is 2.31 bits per heavy atom. The Balaban J connectivity index is 2.41. The zero-order valence-electron chi connectivity index (χ0n) is 8.88. The van der Waals surface area contributed by atoms with Crippen LogP contribution in [0.15, 0.2) is 12.4 Å². The Morgan fingerprint density at radius 1 is 1.56 bits per heavy atom. The van der Waals surface area contributed by atoms with Crippen molar-refractivity contribution in [3.63, 3.8) is 0 Å². The number of carbonyl (C=O) groups is 1. The summed E-state index contributed by atoms with van der Waals surface area (Å²) in [7, 11) is 0. The molecule has 0 spiro atoms. The summed E-state index contributed by atoms with van der Waals surface area (Å²) in [6.45, 7) is 3.35. The number of carboxylic acid groups (broad SMARTS) is 1. The number of fused-ring (bicyclic) bond motifs is 1. The molecule has 0 radical (unpaired) electrons. The largest absolute Gasteiger partial charge is 0.480 e. The number of aromatic nitrogens is 4. The summed E-state index contributed by atoms with van der Waals surface area (Å²) >= 11 is 0. The van der Waals surface area contributed by atoms with Gasteiger partial charge in [-0.15, -0.1) is 10.2 Å². The second kappa shape index (κ2) is 3.76. The van der Waals surface area contributed by atoms with Gasteiger partial charge in [0.05, 0.1) is 0 Å². The second-order valence-electron chi connectivity index (χ2n) is 3.42. The predicted molar refractivity (Wildman–Crippen MR) is 56.2 cm³/mol. The fourth-order valence-electron chi connectivity index (χ4n) is 1.31. The lowest BCUT2D eigenvalue weighted by molar-refractivity contribution is -0.137. The van der Waals surface area contributed by atoms with Crippen LogP contribution in [0.25, 0.3) is 5.65 Å². The van der Waals surface area contributed by atoms with Crippen LogP contribution in [0.1, 0.15) is 12.7 Å². The van der Waals surface area contributed by atoms with Crippen LogP contribution in [0, 0.1) is 6.92 Å². The molecule has 16 heavy (non-hydrogen) atoms. The fraction of sp³-hybridized carbons (Fsp3) is 0.333. The number of rotatable bonds is 3. The van der Waals surface area contributed by atoms with Crippen LogP contribution in [0.5, 0.6) is 0 Å². The molecule has 2 N–H and O–H groups in total. The number of aliphatic carboxylic acids is 1. The molecule has 0 bridgehead atoms. The van der Waals surface area contributed by atoms with Gasteiger partial charge in [0, 0.05) is 12.4 Å². The number of hydrogen-bond donors (Lipinski definition) is 2. The minimum Gasteiger partial charge on any atom is -0.480 e. The molecule has 0 saturated carbocycles. The van der Waals surface area contributed by atoms with E-state index in [4.69, 9.17) is 5.11 Å². The van der Waals surface area contributed by atoms with Gasteiger partial charge in [-0.3, -0.25) is 9.20 Å². The number of anilines is 1. The third kappa shape index (κ3) is 1.67. The van der Waals surface area contributed by atoms with Crippen LogP contribution < -0.4 is 5.32 Å². The van der Waals surface area contributed by atoms with Crippen molar-refractivity contribution in [3.05, 3.63) is 18.2 Å². The standard InChI is InChI=1S/C9H11N5O2/c1-5(9(15)16)11-7-8-13-12-6(2)14(8)4-3-10-7/h3-5H,1-2H3,(H,10,11)(H,15,16). The Kier molecular flexibility index (Phi) is 2.43. The van der Waals surface area contributed by atoms with Gasteiger partial charge in [0.2, 0.25) is 5.65 Å². The lowest BCUT2D eigenvalue weighted by Gasteiger charge is -2.09. The molecule has 2 aromatic heterocycles. The van der Waals surface area contributed by atoms with Gasteiger partial charge in [0.25, 0.3) is 0 Å². The van der Waals surface area contributed by atoms with Gasteiger partial charge < -0.3 is 10.4 Å². The van der Waals surface area contributed by atoms with Crippen molar-refractivity contribution in [2.24, 2.45) is 0 Å². The highest BCUT2D eigenvalue weighted by Gasteiger charge is 2.14. The van der Waals surface area contributed by atoms with Crippen molar-refractivity contribution >= 4 is 17.4 Å². The molecule has 1 atom stereocenters. The van der Waals surface area contributed by atoms with Gasteiger partial charge in [0.1, 0.15) is 11.9 Å². The fourth-order valence-corrected chi connectivity index (χ4v) is 1.31. The normalized spacial score (nSPS) is 12.6. The minimum absolute atomic E-state index is 0.415. The maximum Gasteiger partial charge on any atom is 0.325 e. The smallest absolute Gasteiger partial charge is 0.325 e. The highest BCUT2D eigenvalue weighted by molar-refractivity contribution is 5.78. The number of aryl methyl sites for hydroxylation is 1. The molecule has 0 fully saturated rings. The van der Waals surface area contributed by atoms with Gasteiger partial charge >= 0.3 is 5.97 Å². The molecule has 2 rings (SSSR count). The summed E-state index contributed by atoms with van der Waals surface area (Å²) in [5.41, 5.74) is 0.521. The Bertz CT molecular complexity index is 536. The molecule has 7 heteroatoms. The molecule has 1 unspecified atom stereocenters. The summed E-state index contributed by atoms with van der Waals surface area (Å²) in [6.07, 6.45) is 3.29. The SMILES string of the molecule is Cc1nnc2c(NC(C)C(=O)O)nccn12. The third-order valence-corrected chi connectivity index (χ3v) is 2.22. The van der Waals surface area contributed by atoms with Crippen molar-refractivity contribution in [1.29, 1.82) is 0 Å².